The maximum atomic E-state index is 13.9. The summed E-state index contributed by atoms with van der Waals surface area (Å²) in [4.78, 5) is 56.0. The number of aryl methyl sites for hydroxylation is 1. The number of carbonyl (C=O) groups excluding carboxylic acids is 2. The van der Waals surface area contributed by atoms with Gasteiger partial charge >= 0.3 is 0 Å². The van der Waals surface area contributed by atoms with Crippen molar-refractivity contribution in [2.75, 3.05) is 59.8 Å². The van der Waals surface area contributed by atoms with Crippen LogP contribution in [0.5, 0.6) is 0 Å². The molecule has 4 aromatic rings. The van der Waals surface area contributed by atoms with Crippen LogP contribution in [-0.4, -0.2) is 87.3 Å². The number of aromatic nitrogens is 4. The number of amides is 2. The van der Waals surface area contributed by atoms with Gasteiger partial charge in [0.05, 0.1) is 36.3 Å². The molecular weight excluding hydrogens is 670 g/mol. The van der Waals surface area contributed by atoms with E-state index in [9.17, 15) is 14.4 Å². The van der Waals surface area contributed by atoms with Gasteiger partial charge < -0.3 is 29.4 Å². The summed E-state index contributed by atoms with van der Waals surface area (Å²) >= 11 is 0. The average Bonchev–Trinajstić information content (AvgIpc) is 3.59. The zero-order chi connectivity index (χ0) is 37.2. The lowest BCUT2D eigenvalue weighted by atomic mass is 9.90. The van der Waals surface area contributed by atoms with Crippen molar-refractivity contribution in [2.45, 2.75) is 59.2 Å². The molecule has 13 nitrogen and oxygen atoms in total. The normalized spacial score (nSPS) is 19.8. The molecule has 2 saturated heterocycles. The summed E-state index contributed by atoms with van der Waals surface area (Å²) in [7, 11) is 1.69. The van der Waals surface area contributed by atoms with Crippen molar-refractivity contribution >= 4 is 40.5 Å². The van der Waals surface area contributed by atoms with Gasteiger partial charge in [-0.25, -0.2) is 9.97 Å². The first-order valence-electron chi connectivity index (χ1n) is 18.4. The minimum Gasteiger partial charge on any atom is -0.378 e. The van der Waals surface area contributed by atoms with Crippen molar-refractivity contribution in [3.05, 3.63) is 88.2 Å². The highest BCUT2D eigenvalue weighted by Crippen LogP contribution is 2.40. The molecule has 276 valence electrons. The summed E-state index contributed by atoms with van der Waals surface area (Å²) in [6, 6.07) is 10.3. The van der Waals surface area contributed by atoms with Gasteiger partial charge in [-0.2, -0.15) is 0 Å². The highest BCUT2D eigenvalue weighted by molar-refractivity contribution is 6.06. The van der Waals surface area contributed by atoms with E-state index in [0.29, 0.717) is 47.7 Å². The molecule has 1 unspecified atom stereocenters. The maximum absolute atomic E-state index is 13.9. The van der Waals surface area contributed by atoms with Gasteiger partial charge in [-0.3, -0.25) is 24.2 Å². The van der Waals surface area contributed by atoms with Crippen molar-refractivity contribution in [3.8, 4) is 11.3 Å². The third kappa shape index (κ3) is 6.31. The van der Waals surface area contributed by atoms with Crippen LogP contribution in [0.25, 0.3) is 11.3 Å². The molecule has 53 heavy (non-hydrogen) atoms. The topological polar surface area (TPSA) is 130 Å². The largest absolute Gasteiger partial charge is 0.378 e. The smallest absolute Gasteiger partial charge is 0.293 e. The molecule has 4 aliphatic rings. The van der Waals surface area contributed by atoms with Crippen molar-refractivity contribution in [1.82, 2.24) is 24.0 Å². The number of hydrogen-bond donors (Lipinski definition) is 2. The minimum atomic E-state index is -0.324. The Labute approximate surface area is 309 Å². The van der Waals surface area contributed by atoms with E-state index in [1.165, 1.54) is 21.9 Å². The molecule has 2 N–H and O–H groups in total. The zero-order valence-electron chi connectivity index (χ0n) is 31.1. The first-order valence-corrected chi connectivity index (χ1v) is 18.4. The fourth-order valence-corrected chi connectivity index (χ4v) is 8.40. The van der Waals surface area contributed by atoms with Crippen LogP contribution < -0.4 is 26.0 Å². The SMILES string of the molecule is C=CC(=O)Nc1cc(Nc2nc(-c3ccnc(N4CCn5c(cc6c5CC(C)(C)C6)C4=O)c3C)cn(C)c2=O)ccc1N1CCN(C2COC2)CC1C. The van der Waals surface area contributed by atoms with Gasteiger partial charge in [-0.1, -0.05) is 20.4 Å². The average molecular weight is 718 g/mol. The standard InChI is InChI=1S/C40H47N9O4/c1-7-35(50)43-30-17-27(8-9-32(30)47-13-12-46(20-24(47)2)28-22-53-23-28)42-36-39(52)45(6)21-31(44-36)29-10-11-41-37(25(29)3)49-15-14-48-33(38(49)51)16-26-18-40(4,5)19-34(26)48/h7-11,16-17,21,24,28H,1,12-15,18-20,22-23H2,2-6H3,(H,42,44)(H,43,50). The third-order valence-electron chi connectivity index (χ3n) is 11.2. The van der Waals surface area contributed by atoms with Gasteiger partial charge in [-0.05, 0) is 74.1 Å². The zero-order valence-corrected chi connectivity index (χ0v) is 31.1. The molecule has 0 saturated carbocycles. The van der Waals surface area contributed by atoms with Crippen LogP contribution in [0.15, 0.2) is 60.2 Å². The van der Waals surface area contributed by atoms with Crippen LogP contribution in [0.2, 0.25) is 0 Å². The van der Waals surface area contributed by atoms with E-state index in [1.54, 1.807) is 24.3 Å². The van der Waals surface area contributed by atoms with E-state index >= 15 is 0 Å². The second-order valence-corrected chi connectivity index (χ2v) is 15.6. The number of rotatable bonds is 8. The maximum Gasteiger partial charge on any atom is 0.293 e. The fraction of sp³-hybridized carbons (Fsp3) is 0.425. The Morgan fingerprint density at radius 3 is 2.62 bits per heavy atom. The summed E-state index contributed by atoms with van der Waals surface area (Å²) in [5.41, 5.74) is 7.39. The molecule has 3 aromatic heterocycles. The van der Waals surface area contributed by atoms with Crippen LogP contribution in [0.3, 0.4) is 0 Å². The molecule has 1 atom stereocenters. The van der Waals surface area contributed by atoms with Crippen LogP contribution in [0.4, 0.5) is 28.7 Å². The van der Waals surface area contributed by atoms with E-state index < -0.39 is 0 Å². The highest BCUT2D eigenvalue weighted by Gasteiger charge is 2.38. The second kappa shape index (κ2) is 13.3. The first-order chi connectivity index (χ1) is 25.4. The number of piperazine rings is 1. The second-order valence-electron chi connectivity index (χ2n) is 15.6. The molecular formula is C40H47N9O4. The Bertz CT molecular complexity index is 2200. The Hall–Kier alpha value is -5.27. The van der Waals surface area contributed by atoms with E-state index in [-0.39, 0.29) is 34.6 Å². The molecule has 13 heteroatoms. The number of hydrogen-bond acceptors (Lipinski definition) is 9. The monoisotopic (exact) mass is 717 g/mol. The highest BCUT2D eigenvalue weighted by atomic mass is 16.5. The summed E-state index contributed by atoms with van der Waals surface area (Å²) < 4.78 is 9.11. The number of nitrogens with one attached hydrogen (secondary N) is 2. The lowest BCUT2D eigenvalue weighted by Crippen LogP contribution is -2.59. The number of fused-ring (bicyclic) bond motifs is 3. The van der Waals surface area contributed by atoms with Crippen molar-refractivity contribution < 1.29 is 14.3 Å². The van der Waals surface area contributed by atoms with E-state index in [2.05, 4.69) is 63.4 Å². The van der Waals surface area contributed by atoms with Crippen molar-refractivity contribution in [3.63, 3.8) is 0 Å². The van der Waals surface area contributed by atoms with Gasteiger partial charge in [0.15, 0.2) is 5.82 Å². The lowest BCUT2D eigenvalue weighted by molar-refractivity contribution is -0.111. The summed E-state index contributed by atoms with van der Waals surface area (Å²) in [6.45, 7) is 17.7. The molecule has 0 bridgehead atoms. The molecule has 3 aliphatic heterocycles. The lowest BCUT2D eigenvalue weighted by Gasteiger charge is -2.46. The minimum absolute atomic E-state index is 0.0565. The summed E-state index contributed by atoms with van der Waals surface area (Å²) in [6.07, 6.45) is 6.58. The number of pyridine rings is 1. The predicted molar refractivity (Wildman–Crippen MR) is 206 cm³/mol. The van der Waals surface area contributed by atoms with E-state index in [0.717, 1.165) is 62.5 Å². The third-order valence-corrected chi connectivity index (χ3v) is 11.2. The van der Waals surface area contributed by atoms with E-state index in [1.807, 2.05) is 31.2 Å². The Morgan fingerprint density at radius 1 is 1.08 bits per heavy atom. The molecule has 1 aliphatic carbocycles. The van der Waals surface area contributed by atoms with Crippen molar-refractivity contribution in [1.29, 1.82) is 0 Å². The summed E-state index contributed by atoms with van der Waals surface area (Å²) in [5, 5.41) is 6.20. The Morgan fingerprint density at radius 2 is 1.89 bits per heavy atom. The van der Waals surface area contributed by atoms with Crippen LogP contribution in [0.1, 0.15) is 48.1 Å². The van der Waals surface area contributed by atoms with Gasteiger partial charge in [0.1, 0.15) is 11.5 Å². The number of benzene rings is 1. The molecule has 8 rings (SSSR count). The van der Waals surface area contributed by atoms with Gasteiger partial charge in [-0.15, -0.1) is 0 Å². The molecule has 2 fully saturated rings. The number of nitrogens with zero attached hydrogens (tertiary/aromatic N) is 7. The van der Waals surface area contributed by atoms with Crippen LogP contribution >= 0.6 is 0 Å². The quantitative estimate of drug-likeness (QED) is 0.253. The Balaban J connectivity index is 1.07. The van der Waals surface area contributed by atoms with Crippen LogP contribution in [0, 0.1) is 12.3 Å². The van der Waals surface area contributed by atoms with Gasteiger partial charge in [0, 0.05) is 80.7 Å². The fourth-order valence-electron chi connectivity index (χ4n) is 8.40. The van der Waals surface area contributed by atoms with Gasteiger partial charge in [0.25, 0.3) is 11.5 Å². The first kappa shape index (κ1) is 34.8. The summed E-state index contributed by atoms with van der Waals surface area (Å²) in [5.74, 6) is 0.333. The molecule has 6 heterocycles. The van der Waals surface area contributed by atoms with Crippen molar-refractivity contribution in [2.24, 2.45) is 12.5 Å². The van der Waals surface area contributed by atoms with Crippen LogP contribution in [-0.2, 0) is 36.0 Å². The number of anilines is 5. The van der Waals surface area contributed by atoms with Gasteiger partial charge in [0.2, 0.25) is 5.91 Å². The molecule has 2 amide bonds. The molecule has 1 aromatic carbocycles. The number of ether oxygens (including phenoxy) is 1. The van der Waals surface area contributed by atoms with E-state index in [4.69, 9.17) is 9.72 Å². The molecule has 0 radical (unpaired) electrons. The number of carbonyl (C=O) groups is 2. The Kier molecular flexibility index (Phi) is 8.73. The predicted octanol–water partition coefficient (Wildman–Crippen LogP) is 4.51. The molecule has 0 spiro atoms.